The minimum absolute atomic E-state index is 0.149. The zero-order valence-electron chi connectivity index (χ0n) is 13.5. The summed E-state index contributed by atoms with van der Waals surface area (Å²) in [5.74, 6) is -0.998. The van der Waals surface area contributed by atoms with Crippen LogP contribution in [-0.4, -0.2) is 42.9 Å². The molecule has 126 valence electrons. The molecule has 0 fully saturated rings. The number of nitrogens with one attached hydrogen (secondary N) is 3. The minimum Gasteiger partial charge on any atom is -0.353 e. The van der Waals surface area contributed by atoms with E-state index in [1.807, 2.05) is 30.3 Å². The number of benzene rings is 1. The quantitative estimate of drug-likeness (QED) is 0.508. The van der Waals surface area contributed by atoms with Crippen LogP contribution in [0.2, 0.25) is 0 Å². The summed E-state index contributed by atoms with van der Waals surface area (Å²) in [6, 6.07) is 9.23. The van der Waals surface area contributed by atoms with Gasteiger partial charge >= 0.3 is 0 Å². The van der Waals surface area contributed by atoms with Gasteiger partial charge in [0.05, 0.1) is 19.5 Å². The second-order valence-corrected chi connectivity index (χ2v) is 5.98. The Morgan fingerprint density at radius 3 is 2.00 bits per heavy atom. The van der Waals surface area contributed by atoms with Crippen LogP contribution < -0.4 is 21.7 Å². The number of carbonyl (C=O) groups excluding carboxylic acids is 3. The molecule has 0 aromatic heterocycles. The van der Waals surface area contributed by atoms with Crippen molar-refractivity contribution < 1.29 is 14.4 Å². The number of hydrogen-bond acceptors (Lipinski definition) is 4. The molecule has 0 spiro atoms. The van der Waals surface area contributed by atoms with Crippen LogP contribution in [-0.2, 0) is 20.8 Å². The van der Waals surface area contributed by atoms with Crippen molar-refractivity contribution in [2.45, 2.75) is 25.8 Å². The molecule has 1 aromatic rings. The number of carbonyl (C=O) groups is 3. The first kappa shape index (κ1) is 18.6. The molecule has 0 radical (unpaired) electrons. The summed E-state index contributed by atoms with van der Waals surface area (Å²) in [5.41, 5.74) is 6.10. The standard InChI is InChI=1S/C16H24N4O3/c1-16(2,17)11-20-15(23)10-19-14(22)9-18-13(21)8-12-6-4-3-5-7-12/h3-7H,8-11,17H2,1-2H3,(H,18,21)(H,19,22)(H,20,23). The van der Waals surface area contributed by atoms with E-state index in [0.29, 0.717) is 6.54 Å². The Balaban J connectivity index is 2.19. The van der Waals surface area contributed by atoms with Crippen LogP contribution in [0.4, 0.5) is 0 Å². The van der Waals surface area contributed by atoms with Crippen LogP contribution in [0.25, 0.3) is 0 Å². The van der Waals surface area contributed by atoms with Crippen LogP contribution >= 0.6 is 0 Å². The second-order valence-electron chi connectivity index (χ2n) is 5.98. The van der Waals surface area contributed by atoms with E-state index in [2.05, 4.69) is 16.0 Å². The normalized spacial score (nSPS) is 10.7. The molecule has 5 N–H and O–H groups in total. The lowest BCUT2D eigenvalue weighted by Gasteiger charge is -2.18. The Morgan fingerprint density at radius 2 is 1.43 bits per heavy atom. The molecular weight excluding hydrogens is 296 g/mol. The molecule has 7 heteroatoms. The zero-order chi connectivity index (χ0) is 17.3. The van der Waals surface area contributed by atoms with E-state index in [0.717, 1.165) is 5.56 Å². The summed E-state index contributed by atoms with van der Waals surface area (Å²) in [6.45, 7) is 3.57. The molecule has 3 amide bonds. The van der Waals surface area contributed by atoms with Crippen molar-refractivity contribution in [1.29, 1.82) is 0 Å². The average Bonchev–Trinajstić information content (AvgIpc) is 2.49. The maximum atomic E-state index is 11.7. The van der Waals surface area contributed by atoms with Gasteiger partial charge in [-0.1, -0.05) is 30.3 Å². The molecule has 0 aliphatic rings. The van der Waals surface area contributed by atoms with E-state index in [1.54, 1.807) is 13.8 Å². The molecule has 0 heterocycles. The van der Waals surface area contributed by atoms with Crippen molar-refractivity contribution in [3.05, 3.63) is 35.9 Å². The van der Waals surface area contributed by atoms with Crippen LogP contribution in [0, 0.1) is 0 Å². The van der Waals surface area contributed by atoms with Crippen molar-refractivity contribution >= 4 is 17.7 Å². The van der Waals surface area contributed by atoms with Crippen molar-refractivity contribution in [3.8, 4) is 0 Å². The maximum Gasteiger partial charge on any atom is 0.239 e. The van der Waals surface area contributed by atoms with E-state index in [9.17, 15) is 14.4 Å². The SMILES string of the molecule is CC(C)(N)CNC(=O)CNC(=O)CNC(=O)Cc1ccccc1. The van der Waals surface area contributed by atoms with Crippen LogP contribution in [0.5, 0.6) is 0 Å². The van der Waals surface area contributed by atoms with Crippen molar-refractivity contribution in [3.63, 3.8) is 0 Å². The van der Waals surface area contributed by atoms with Gasteiger partial charge < -0.3 is 21.7 Å². The first-order chi connectivity index (χ1) is 10.8. The van der Waals surface area contributed by atoms with E-state index in [-0.39, 0.29) is 31.3 Å². The van der Waals surface area contributed by atoms with Crippen LogP contribution in [0.1, 0.15) is 19.4 Å². The van der Waals surface area contributed by atoms with Crippen molar-refractivity contribution in [2.24, 2.45) is 5.73 Å². The summed E-state index contributed by atoms with van der Waals surface area (Å²) < 4.78 is 0. The Kier molecular flexibility index (Phi) is 7.21. The van der Waals surface area contributed by atoms with Gasteiger partial charge in [-0.2, -0.15) is 0 Å². The van der Waals surface area contributed by atoms with Gasteiger partial charge in [0.25, 0.3) is 0 Å². The highest BCUT2D eigenvalue weighted by atomic mass is 16.2. The van der Waals surface area contributed by atoms with Crippen LogP contribution in [0.15, 0.2) is 30.3 Å². The van der Waals surface area contributed by atoms with E-state index in [4.69, 9.17) is 5.73 Å². The molecule has 7 nitrogen and oxygen atoms in total. The van der Waals surface area contributed by atoms with Crippen LogP contribution in [0.3, 0.4) is 0 Å². The Bertz CT molecular complexity index is 538. The van der Waals surface area contributed by atoms with E-state index in [1.165, 1.54) is 0 Å². The van der Waals surface area contributed by atoms with Gasteiger partial charge in [-0.15, -0.1) is 0 Å². The highest BCUT2D eigenvalue weighted by molar-refractivity contribution is 5.88. The molecule has 0 atom stereocenters. The first-order valence-corrected chi connectivity index (χ1v) is 7.39. The molecule has 1 aromatic carbocycles. The fourth-order valence-corrected chi connectivity index (χ4v) is 1.65. The molecular formula is C16H24N4O3. The molecule has 0 saturated heterocycles. The van der Waals surface area contributed by atoms with Gasteiger partial charge in [0.15, 0.2) is 0 Å². The predicted octanol–water partition coefficient (Wildman–Crippen LogP) is -0.685. The average molecular weight is 320 g/mol. The molecule has 0 aliphatic heterocycles. The number of nitrogens with two attached hydrogens (primary N) is 1. The summed E-state index contributed by atoms with van der Waals surface area (Å²) in [6.07, 6.45) is 0.209. The lowest BCUT2D eigenvalue weighted by atomic mass is 10.1. The van der Waals surface area contributed by atoms with E-state index >= 15 is 0 Å². The molecule has 1 rings (SSSR count). The van der Waals surface area contributed by atoms with Gasteiger partial charge in [0.1, 0.15) is 0 Å². The first-order valence-electron chi connectivity index (χ1n) is 7.39. The second kappa shape index (κ2) is 8.89. The number of hydrogen-bond donors (Lipinski definition) is 4. The monoisotopic (exact) mass is 320 g/mol. The number of amides is 3. The van der Waals surface area contributed by atoms with Gasteiger partial charge in [0.2, 0.25) is 17.7 Å². The topological polar surface area (TPSA) is 113 Å². The van der Waals surface area contributed by atoms with Gasteiger partial charge in [0, 0.05) is 12.1 Å². The number of rotatable bonds is 8. The van der Waals surface area contributed by atoms with Gasteiger partial charge in [-0.3, -0.25) is 14.4 Å². The van der Waals surface area contributed by atoms with Crippen molar-refractivity contribution in [2.75, 3.05) is 19.6 Å². The zero-order valence-corrected chi connectivity index (χ0v) is 13.5. The predicted molar refractivity (Wildman–Crippen MR) is 87.4 cm³/mol. The fourth-order valence-electron chi connectivity index (χ4n) is 1.65. The maximum absolute atomic E-state index is 11.7. The lowest BCUT2D eigenvalue weighted by molar-refractivity contribution is -0.127. The third-order valence-electron chi connectivity index (χ3n) is 2.84. The molecule has 0 aliphatic carbocycles. The largest absolute Gasteiger partial charge is 0.353 e. The summed E-state index contributed by atoms with van der Waals surface area (Å²) in [4.78, 5) is 34.8. The molecule has 0 bridgehead atoms. The highest BCUT2D eigenvalue weighted by Crippen LogP contribution is 1.98. The van der Waals surface area contributed by atoms with Gasteiger partial charge in [-0.25, -0.2) is 0 Å². The smallest absolute Gasteiger partial charge is 0.239 e. The molecule has 0 unspecified atom stereocenters. The molecule has 0 saturated carbocycles. The summed E-state index contributed by atoms with van der Waals surface area (Å²) in [7, 11) is 0. The Labute approximate surface area is 136 Å². The Morgan fingerprint density at radius 1 is 0.913 bits per heavy atom. The highest BCUT2D eigenvalue weighted by Gasteiger charge is 2.13. The third-order valence-corrected chi connectivity index (χ3v) is 2.84. The molecule has 23 heavy (non-hydrogen) atoms. The van der Waals surface area contributed by atoms with Crippen molar-refractivity contribution in [1.82, 2.24) is 16.0 Å². The third kappa shape index (κ3) is 9.26. The lowest BCUT2D eigenvalue weighted by Crippen LogP contribution is -2.48. The summed E-state index contributed by atoms with van der Waals surface area (Å²) >= 11 is 0. The fraction of sp³-hybridized carbons (Fsp3) is 0.438. The minimum atomic E-state index is -0.509. The Hall–Kier alpha value is -2.41. The van der Waals surface area contributed by atoms with Gasteiger partial charge in [-0.05, 0) is 19.4 Å². The van der Waals surface area contributed by atoms with E-state index < -0.39 is 11.4 Å². The summed E-state index contributed by atoms with van der Waals surface area (Å²) in [5, 5.41) is 7.55.